The Morgan fingerprint density at radius 3 is 2.28 bits per heavy atom. The first-order chi connectivity index (χ1) is 8.56. The smallest absolute Gasteiger partial charge is 0.328 e. The lowest BCUT2D eigenvalue weighted by atomic mass is 10.0. The third kappa shape index (κ3) is 4.18. The second-order valence-electron chi connectivity index (χ2n) is 3.96. The van der Waals surface area contributed by atoms with Crippen molar-refractivity contribution in [2.75, 3.05) is 7.11 Å². The molecule has 98 valence electrons. The molecule has 1 rings (SSSR count). The van der Waals surface area contributed by atoms with Crippen molar-refractivity contribution in [1.82, 2.24) is 5.32 Å². The maximum Gasteiger partial charge on any atom is 0.328 e. The minimum Gasteiger partial charge on any atom is -0.467 e. The third-order valence-corrected chi connectivity index (χ3v) is 2.51. The van der Waals surface area contributed by atoms with Crippen LogP contribution in [0.4, 0.5) is 0 Å². The highest BCUT2D eigenvalue weighted by molar-refractivity contribution is 5.83. The molecule has 0 aliphatic rings. The molecule has 0 saturated carbocycles. The van der Waals surface area contributed by atoms with Gasteiger partial charge in [0.25, 0.3) is 0 Å². The Hall–Kier alpha value is -1.88. The highest BCUT2D eigenvalue weighted by Gasteiger charge is 2.20. The standard InChI is InChI=1S/C13H17NO4/c1-9(16)14-12(13(17)18-2)7-10-3-5-11(8-15)6-4-10/h3-6,12,15H,7-8H2,1-2H3,(H,14,16)/t12-/m1/s1. The first-order valence-corrected chi connectivity index (χ1v) is 5.60. The Kier molecular flexibility index (Phi) is 5.32. The van der Waals surface area contributed by atoms with E-state index in [1.807, 2.05) is 12.1 Å². The van der Waals surface area contributed by atoms with Gasteiger partial charge in [-0.25, -0.2) is 4.79 Å². The molecule has 2 N–H and O–H groups in total. The molecule has 0 aliphatic heterocycles. The molecular formula is C13H17NO4. The fourth-order valence-corrected chi connectivity index (χ4v) is 1.60. The average molecular weight is 251 g/mol. The number of hydrogen-bond acceptors (Lipinski definition) is 4. The topological polar surface area (TPSA) is 75.6 Å². The Morgan fingerprint density at radius 1 is 1.28 bits per heavy atom. The summed E-state index contributed by atoms with van der Waals surface area (Å²) in [4.78, 5) is 22.5. The zero-order valence-corrected chi connectivity index (χ0v) is 10.5. The quantitative estimate of drug-likeness (QED) is 0.743. The number of aliphatic hydroxyl groups excluding tert-OH is 1. The van der Waals surface area contributed by atoms with Crippen molar-refractivity contribution in [1.29, 1.82) is 0 Å². The second kappa shape index (κ2) is 6.76. The number of aliphatic hydroxyl groups is 1. The van der Waals surface area contributed by atoms with Gasteiger partial charge in [-0.3, -0.25) is 4.79 Å². The molecule has 0 aromatic heterocycles. The van der Waals surface area contributed by atoms with Crippen LogP contribution >= 0.6 is 0 Å². The van der Waals surface area contributed by atoms with Crippen molar-refractivity contribution < 1.29 is 19.4 Å². The van der Waals surface area contributed by atoms with Crippen molar-refractivity contribution in [2.24, 2.45) is 0 Å². The van der Waals surface area contributed by atoms with Crippen molar-refractivity contribution in [2.45, 2.75) is 26.0 Å². The molecule has 1 aromatic rings. The molecule has 1 amide bonds. The molecule has 1 aromatic carbocycles. The van der Waals surface area contributed by atoms with E-state index in [2.05, 4.69) is 10.1 Å². The molecule has 0 aliphatic carbocycles. The van der Waals surface area contributed by atoms with Gasteiger partial charge in [0.1, 0.15) is 6.04 Å². The second-order valence-corrected chi connectivity index (χ2v) is 3.96. The predicted octanol–water partition coefficient (Wildman–Crippen LogP) is 0.399. The first kappa shape index (κ1) is 14.2. The monoisotopic (exact) mass is 251 g/mol. The van der Waals surface area contributed by atoms with Crippen LogP contribution in [-0.4, -0.2) is 30.1 Å². The lowest BCUT2D eigenvalue weighted by Gasteiger charge is -2.15. The van der Waals surface area contributed by atoms with E-state index in [1.165, 1.54) is 14.0 Å². The van der Waals surface area contributed by atoms with Crippen LogP contribution in [0.2, 0.25) is 0 Å². The summed E-state index contributed by atoms with van der Waals surface area (Å²) < 4.78 is 4.64. The van der Waals surface area contributed by atoms with Crippen LogP contribution in [0.25, 0.3) is 0 Å². The van der Waals surface area contributed by atoms with Gasteiger partial charge >= 0.3 is 5.97 Å². The van der Waals surface area contributed by atoms with Crippen molar-refractivity contribution in [3.63, 3.8) is 0 Å². The van der Waals surface area contributed by atoms with Gasteiger partial charge < -0.3 is 15.2 Å². The van der Waals surface area contributed by atoms with Crippen molar-refractivity contribution in [3.8, 4) is 0 Å². The lowest BCUT2D eigenvalue weighted by molar-refractivity contribution is -0.144. The number of ether oxygens (including phenoxy) is 1. The molecule has 0 unspecified atom stereocenters. The van der Waals surface area contributed by atoms with E-state index in [0.717, 1.165) is 11.1 Å². The summed E-state index contributed by atoms with van der Waals surface area (Å²) in [5.41, 5.74) is 1.68. The van der Waals surface area contributed by atoms with Gasteiger partial charge in [-0.1, -0.05) is 24.3 Å². The van der Waals surface area contributed by atoms with Crippen molar-refractivity contribution in [3.05, 3.63) is 35.4 Å². The summed E-state index contributed by atoms with van der Waals surface area (Å²) in [6, 6.07) is 6.48. The lowest BCUT2D eigenvalue weighted by Crippen LogP contribution is -2.41. The van der Waals surface area contributed by atoms with E-state index in [0.29, 0.717) is 6.42 Å². The molecule has 5 heteroatoms. The minimum atomic E-state index is -0.688. The van der Waals surface area contributed by atoms with E-state index >= 15 is 0 Å². The SMILES string of the molecule is COC(=O)[C@@H](Cc1ccc(CO)cc1)NC(C)=O. The number of amides is 1. The highest BCUT2D eigenvalue weighted by Crippen LogP contribution is 2.08. The zero-order valence-electron chi connectivity index (χ0n) is 10.5. The van der Waals surface area contributed by atoms with Gasteiger partial charge in [0, 0.05) is 13.3 Å². The van der Waals surface area contributed by atoms with Crippen LogP contribution in [0, 0.1) is 0 Å². The Labute approximate surface area is 106 Å². The van der Waals surface area contributed by atoms with Crippen LogP contribution in [0.3, 0.4) is 0 Å². The molecule has 1 atom stereocenters. The molecular weight excluding hydrogens is 234 g/mol. The Bertz CT molecular complexity index is 414. The summed E-state index contributed by atoms with van der Waals surface area (Å²) in [7, 11) is 1.28. The first-order valence-electron chi connectivity index (χ1n) is 5.60. The van der Waals surface area contributed by atoms with Crippen LogP contribution in [-0.2, 0) is 27.4 Å². The molecule has 0 radical (unpaired) electrons. The number of hydrogen-bond donors (Lipinski definition) is 2. The number of benzene rings is 1. The van der Waals surface area contributed by atoms with Crippen molar-refractivity contribution >= 4 is 11.9 Å². The predicted molar refractivity (Wildman–Crippen MR) is 65.7 cm³/mol. The fraction of sp³-hybridized carbons (Fsp3) is 0.385. The number of methoxy groups -OCH3 is 1. The fourth-order valence-electron chi connectivity index (χ4n) is 1.60. The third-order valence-electron chi connectivity index (χ3n) is 2.51. The number of rotatable bonds is 5. The van der Waals surface area contributed by atoms with Crippen LogP contribution in [0.5, 0.6) is 0 Å². The summed E-state index contributed by atoms with van der Waals surface area (Å²) >= 11 is 0. The number of carbonyl (C=O) groups excluding carboxylic acids is 2. The number of nitrogens with one attached hydrogen (secondary N) is 1. The molecule has 0 saturated heterocycles. The summed E-state index contributed by atoms with van der Waals surface area (Å²) in [5.74, 6) is -0.756. The molecule has 0 spiro atoms. The minimum absolute atomic E-state index is 0.0214. The van der Waals surface area contributed by atoms with Gasteiger partial charge in [-0.2, -0.15) is 0 Å². The van der Waals surface area contributed by atoms with Crippen LogP contribution in [0.1, 0.15) is 18.1 Å². The van der Waals surface area contributed by atoms with E-state index in [4.69, 9.17) is 5.11 Å². The summed E-state index contributed by atoms with van der Waals surface area (Å²) in [6.07, 6.45) is 0.359. The molecule has 5 nitrogen and oxygen atoms in total. The number of esters is 1. The van der Waals surface area contributed by atoms with Gasteiger partial charge in [0.2, 0.25) is 5.91 Å². The van der Waals surface area contributed by atoms with E-state index in [-0.39, 0.29) is 12.5 Å². The molecule has 18 heavy (non-hydrogen) atoms. The summed E-state index contributed by atoms with van der Waals surface area (Å²) in [5, 5.41) is 11.5. The van der Waals surface area contributed by atoms with Gasteiger partial charge in [0.05, 0.1) is 13.7 Å². The summed E-state index contributed by atoms with van der Waals surface area (Å²) in [6.45, 7) is 1.33. The highest BCUT2D eigenvalue weighted by atomic mass is 16.5. The van der Waals surface area contributed by atoms with Gasteiger partial charge in [-0.05, 0) is 11.1 Å². The Balaban J connectivity index is 2.75. The maximum absolute atomic E-state index is 11.5. The van der Waals surface area contributed by atoms with E-state index < -0.39 is 12.0 Å². The maximum atomic E-state index is 11.5. The molecule has 0 bridgehead atoms. The van der Waals surface area contributed by atoms with Gasteiger partial charge in [-0.15, -0.1) is 0 Å². The van der Waals surface area contributed by atoms with E-state index in [9.17, 15) is 9.59 Å². The van der Waals surface area contributed by atoms with Crippen LogP contribution < -0.4 is 5.32 Å². The van der Waals surface area contributed by atoms with Crippen LogP contribution in [0.15, 0.2) is 24.3 Å². The zero-order chi connectivity index (χ0) is 13.5. The normalized spacial score (nSPS) is 11.7. The largest absolute Gasteiger partial charge is 0.467 e. The Morgan fingerprint density at radius 2 is 1.83 bits per heavy atom. The molecule has 0 fully saturated rings. The van der Waals surface area contributed by atoms with Gasteiger partial charge in [0.15, 0.2) is 0 Å². The molecule has 0 heterocycles. The van der Waals surface area contributed by atoms with E-state index in [1.54, 1.807) is 12.1 Å². The number of carbonyl (C=O) groups is 2. The average Bonchev–Trinajstić information content (AvgIpc) is 2.37.